The van der Waals surface area contributed by atoms with Gasteiger partial charge in [-0.2, -0.15) is 0 Å². The highest BCUT2D eigenvalue weighted by molar-refractivity contribution is 8.00. The highest BCUT2D eigenvalue weighted by Crippen LogP contribution is 2.48. The minimum Gasteiger partial charge on any atom is -0.465 e. The van der Waals surface area contributed by atoms with Crippen LogP contribution in [0.3, 0.4) is 0 Å². The summed E-state index contributed by atoms with van der Waals surface area (Å²) in [6.07, 6.45) is -0.417. The second-order valence-electron chi connectivity index (χ2n) is 6.69. The monoisotopic (exact) mass is 405 g/mol. The van der Waals surface area contributed by atoms with Crippen molar-refractivity contribution >= 4 is 24.1 Å². The fourth-order valence-corrected chi connectivity index (χ4v) is 4.99. The van der Waals surface area contributed by atoms with Crippen LogP contribution in [0.2, 0.25) is 0 Å². The number of hydrogen-bond acceptors (Lipinski definition) is 3. The van der Waals surface area contributed by atoms with Gasteiger partial charge in [0, 0.05) is 12.8 Å². The van der Waals surface area contributed by atoms with Crippen molar-refractivity contribution < 1.29 is 14.7 Å². The SMILES string of the molecule is CN(C(=O)O)[C@H](C=O)CSC(c1ccccc1)(c1ccccc1)c1ccccc1. The van der Waals surface area contributed by atoms with Crippen LogP contribution in [0.1, 0.15) is 16.7 Å². The van der Waals surface area contributed by atoms with Crippen LogP contribution in [-0.2, 0) is 9.54 Å². The summed E-state index contributed by atoms with van der Waals surface area (Å²) in [5, 5.41) is 9.32. The number of nitrogens with zero attached hydrogens (tertiary/aromatic N) is 1. The zero-order valence-corrected chi connectivity index (χ0v) is 17.0. The Bertz CT molecular complexity index is 835. The Balaban J connectivity index is 2.15. The van der Waals surface area contributed by atoms with Crippen molar-refractivity contribution in [2.45, 2.75) is 10.8 Å². The van der Waals surface area contributed by atoms with Crippen LogP contribution in [-0.4, -0.2) is 41.2 Å². The molecule has 0 unspecified atom stereocenters. The fraction of sp³-hybridized carbons (Fsp3) is 0.167. The standard InChI is InChI=1S/C24H23NO3S/c1-25(23(27)28)22(17-26)18-29-24(19-11-5-2-6-12-19,20-13-7-3-8-14-20)21-15-9-4-10-16-21/h2-17,22H,18H2,1H3,(H,27,28)/t22-/m1/s1. The summed E-state index contributed by atoms with van der Waals surface area (Å²) < 4.78 is -0.579. The third kappa shape index (κ3) is 4.35. The highest BCUT2D eigenvalue weighted by Gasteiger charge is 2.38. The summed E-state index contributed by atoms with van der Waals surface area (Å²) in [4.78, 5) is 24.1. The van der Waals surface area contributed by atoms with Crippen molar-refractivity contribution in [2.75, 3.05) is 12.8 Å². The maximum absolute atomic E-state index is 11.7. The molecule has 0 bridgehead atoms. The first-order valence-corrected chi connectivity index (χ1v) is 10.3. The quantitative estimate of drug-likeness (QED) is 0.428. The molecule has 0 aliphatic carbocycles. The third-order valence-electron chi connectivity index (χ3n) is 4.97. The largest absolute Gasteiger partial charge is 0.465 e. The molecule has 0 heterocycles. The average molecular weight is 406 g/mol. The number of carbonyl (C=O) groups is 2. The van der Waals surface area contributed by atoms with Crippen molar-refractivity contribution in [3.8, 4) is 0 Å². The molecular weight excluding hydrogens is 382 g/mol. The molecule has 3 aromatic carbocycles. The molecule has 0 aromatic heterocycles. The summed E-state index contributed by atoms with van der Waals surface area (Å²) in [5.74, 6) is 0.324. The number of aldehydes is 1. The average Bonchev–Trinajstić information content (AvgIpc) is 2.78. The summed E-state index contributed by atoms with van der Waals surface area (Å²) >= 11 is 1.57. The fourth-order valence-electron chi connectivity index (χ4n) is 3.36. The lowest BCUT2D eigenvalue weighted by molar-refractivity contribution is -0.110. The molecule has 1 atom stereocenters. The zero-order valence-electron chi connectivity index (χ0n) is 16.1. The van der Waals surface area contributed by atoms with Gasteiger partial charge in [-0.3, -0.25) is 0 Å². The summed E-state index contributed by atoms with van der Waals surface area (Å²) in [5.41, 5.74) is 3.22. The van der Waals surface area contributed by atoms with Crippen LogP contribution in [0.25, 0.3) is 0 Å². The van der Waals surface area contributed by atoms with Gasteiger partial charge in [-0.05, 0) is 16.7 Å². The molecule has 148 valence electrons. The lowest BCUT2D eigenvalue weighted by atomic mass is 9.84. The molecule has 5 heteroatoms. The zero-order chi connectivity index (χ0) is 20.7. The number of likely N-dealkylation sites (N-methyl/N-ethyl adjacent to an activating group) is 1. The maximum Gasteiger partial charge on any atom is 0.407 e. The first-order valence-electron chi connectivity index (χ1n) is 9.31. The summed E-state index contributed by atoms with van der Waals surface area (Å²) in [6, 6.07) is 29.6. The van der Waals surface area contributed by atoms with Crippen LogP contribution < -0.4 is 0 Å². The van der Waals surface area contributed by atoms with Crippen LogP contribution >= 0.6 is 11.8 Å². The molecule has 0 saturated carbocycles. The number of rotatable bonds is 8. The van der Waals surface area contributed by atoms with Crippen molar-refractivity contribution in [3.05, 3.63) is 108 Å². The van der Waals surface area contributed by atoms with Crippen LogP contribution in [0.5, 0.6) is 0 Å². The molecule has 1 N–H and O–H groups in total. The first kappa shape index (κ1) is 20.7. The molecule has 0 aliphatic rings. The summed E-state index contributed by atoms with van der Waals surface area (Å²) in [7, 11) is 1.43. The Morgan fingerprint density at radius 3 is 1.59 bits per heavy atom. The smallest absolute Gasteiger partial charge is 0.407 e. The lowest BCUT2D eigenvalue weighted by Gasteiger charge is -2.36. The topological polar surface area (TPSA) is 57.6 Å². The molecule has 4 nitrogen and oxygen atoms in total. The summed E-state index contributed by atoms with van der Waals surface area (Å²) in [6.45, 7) is 0. The van der Waals surface area contributed by atoms with E-state index < -0.39 is 16.9 Å². The minimum absolute atomic E-state index is 0.324. The molecule has 3 aromatic rings. The van der Waals surface area contributed by atoms with Gasteiger partial charge in [0.05, 0.1) is 10.8 Å². The predicted octanol–water partition coefficient (Wildman–Crippen LogP) is 4.89. The van der Waals surface area contributed by atoms with E-state index in [0.717, 1.165) is 21.6 Å². The Morgan fingerprint density at radius 1 is 0.897 bits per heavy atom. The molecule has 1 amide bonds. The predicted molar refractivity (Wildman–Crippen MR) is 117 cm³/mol. The molecular formula is C24H23NO3S. The third-order valence-corrected chi connectivity index (χ3v) is 6.62. The maximum atomic E-state index is 11.7. The van der Waals surface area contributed by atoms with E-state index in [1.165, 1.54) is 7.05 Å². The van der Waals surface area contributed by atoms with E-state index in [1.807, 2.05) is 54.6 Å². The molecule has 3 rings (SSSR count). The van der Waals surface area contributed by atoms with E-state index in [1.54, 1.807) is 11.8 Å². The second-order valence-corrected chi connectivity index (χ2v) is 7.92. The molecule has 0 radical (unpaired) electrons. The Morgan fingerprint density at radius 2 is 1.28 bits per heavy atom. The van der Waals surface area contributed by atoms with E-state index >= 15 is 0 Å². The van der Waals surface area contributed by atoms with E-state index in [0.29, 0.717) is 12.0 Å². The van der Waals surface area contributed by atoms with Gasteiger partial charge in [0.2, 0.25) is 0 Å². The highest BCUT2D eigenvalue weighted by atomic mass is 32.2. The number of hydrogen-bond donors (Lipinski definition) is 1. The number of thioether (sulfide) groups is 1. The van der Waals surface area contributed by atoms with Crippen LogP contribution in [0.15, 0.2) is 91.0 Å². The number of carbonyl (C=O) groups excluding carboxylic acids is 1. The van der Waals surface area contributed by atoms with Crippen molar-refractivity contribution in [1.82, 2.24) is 4.90 Å². The van der Waals surface area contributed by atoms with Crippen LogP contribution in [0.4, 0.5) is 4.79 Å². The van der Waals surface area contributed by atoms with Crippen molar-refractivity contribution in [1.29, 1.82) is 0 Å². The molecule has 29 heavy (non-hydrogen) atoms. The van der Waals surface area contributed by atoms with Crippen molar-refractivity contribution in [3.63, 3.8) is 0 Å². The van der Waals surface area contributed by atoms with Gasteiger partial charge in [-0.1, -0.05) is 91.0 Å². The molecule has 0 fully saturated rings. The second kappa shape index (κ2) is 9.43. The Hall–Kier alpha value is -3.05. The molecule has 0 saturated heterocycles. The number of amides is 1. The number of benzene rings is 3. The molecule has 0 spiro atoms. The van der Waals surface area contributed by atoms with Gasteiger partial charge < -0.3 is 14.8 Å². The van der Waals surface area contributed by atoms with Gasteiger partial charge in [-0.15, -0.1) is 11.8 Å². The Kier molecular flexibility index (Phi) is 6.73. The van der Waals surface area contributed by atoms with E-state index in [9.17, 15) is 14.7 Å². The van der Waals surface area contributed by atoms with Crippen molar-refractivity contribution in [2.24, 2.45) is 0 Å². The van der Waals surface area contributed by atoms with Gasteiger partial charge in [0.25, 0.3) is 0 Å². The first-order chi connectivity index (χ1) is 14.1. The van der Waals surface area contributed by atoms with Gasteiger partial charge in [0.1, 0.15) is 6.29 Å². The molecule has 0 aliphatic heterocycles. The van der Waals surface area contributed by atoms with Gasteiger partial charge in [-0.25, -0.2) is 4.79 Å². The van der Waals surface area contributed by atoms with E-state index in [2.05, 4.69) is 36.4 Å². The minimum atomic E-state index is -1.12. The lowest BCUT2D eigenvalue weighted by Crippen LogP contribution is -2.40. The normalized spacial score (nSPS) is 12.2. The Labute approximate surface area is 175 Å². The van der Waals surface area contributed by atoms with E-state index in [4.69, 9.17) is 0 Å². The van der Waals surface area contributed by atoms with Crippen LogP contribution in [0, 0.1) is 0 Å². The van der Waals surface area contributed by atoms with E-state index in [-0.39, 0.29) is 0 Å². The number of carboxylic acid groups (broad SMARTS) is 1. The van der Waals surface area contributed by atoms with Gasteiger partial charge >= 0.3 is 6.09 Å². The van der Waals surface area contributed by atoms with Gasteiger partial charge in [0.15, 0.2) is 0 Å².